The van der Waals surface area contributed by atoms with Crippen LogP contribution in [-0.2, 0) is 20.0 Å². The zero-order valence-electron chi connectivity index (χ0n) is 14.4. The van der Waals surface area contributed by atoms with Gasteiger partial charge < -0.3 is 4.90 Å². The SMILES string of the molecule is Cc1cn2c(=O)n(C)nc2nc1N1CCc2nc(C3CCC3)sc2C1. The minimum Gasteiger partial charge on any atom is -0.351 e. The van der Waals surface area contributed by atoms with Gasteiger partial charge in [0.15, 0.2) is 0 Å². The Morgan fingerprint density at radius 3 is 2.88 bits per heavy atom. The Morgan fingerprint density at radius 1 is 1.28 bits per heavy atom. The fourth-order valence-corrected chi connectivity index (χ4v) is 4.93. The predicted octanol–water partition coefficient (Wildman–Crippen LogP) is 2.02. The lowest BCUT2D eigenvalue weighted by molar-refractivity contribution is 0.417. The summed E-state index contributed by atoms with van der Waals surface area (Å²) < 4.78 is 2.84. The average Bonchev–Trinajstić information content (AvgIpc) is 3.06. The van der Waals surface area contributed by atoms with Crippen molar-refractivity contribution in [2.75, 3.05) is 11.4 Å². The molecular formula is C17H20N6OS. The molecule has 130 valence electrons. The Morgan fingerprint density at radius 2 is 2.12 bits per heavy atom. The van der Waals surface area contributed by atoms with E-state index in [2.05, 4.69) is 15.0 Å². The maximum atomic E-state index is 12.0. The first-order valence-electron chi connectivity index (χ1n) is 8.76. The van der Waals surface area contributed by atoms with Gasteiger partial charge in [-0.05, 0) is 19.8 Å². The molecule has 1 saturated carbocycles. The van der Waals surface area contributed by atoms with Gasteiger partial charge in [-0.15, -0.1) is 16.4 Å². The smallest absolute Gasteiger partial charge is 0.351 e. The number of hydrogen-bond donors (Lipinski definition) is 0. The number of anilines is 1. The van der Waals surface area contributed by atoms with E-state index in [4.69, 9.17) is 4.98 Å². The lowest BCUT2D eigenvalue weighted by atomic mass is 9.86. The van der Waals surface area contributed by atoms with Crippen molar-refractivity contribution in [1.82, 2.24) is 24.1 Å². The van der Waals surface area contributed by atoms with Gasteiger partial charge in [0.05, 0.1) is 17.2 Å². The second-order valence-electron chi connectivity index (χ2n) is 7.05. The summed E-state index contributed by atoms with van der Waals surface area (Å²) in [7, 11) is 1.65. The van der Waals surface area contributed by atoms with Crippen molar-refractivity contribution in [2.24, 2.45) is 7.05 Å². The third-order valence-corrected chi connectivity index (χ3v) is 6.57. The van der Waals surface area contributed by atoms with Crippen LogP contribution in [-0.4, -0.2) is 30.7 Å². The van der Waals surface area contributed by atoms with E-state index < -0.39 is 0 Å². The first-order chi connectivity index (χ1) is 12.1. The van der Waals surface area contributed by atoms with Crippen LogP contribution >= 0.6 is 11.3 Å². The molecule has 3 aromatic rings. The molecule has 1 aliphatic carbocycles. The van der Waals surface area contributed by atoms with Gasteiger partial charge in [0.25, 0.3) is 5.78 Å². The number of hydrogen-bond acceptors (Lipinski definition) is 6. The molecule has 8 heteroatoms. The third kappa shape index (κ3) is 2.31. The topological polar surface area (TPSA) is 68.3 Å². The first kappa shape index (κ1) is 15.1. The summed E-state index contributed by atoms with van der Waals surface area (Å²) >= 11 is 1.88. The van der Waals surface area contributed by atoms with Gasteiger partial charge in [-0.1, -0.05) is 6.42 Å². The van der Waals surface area contributed by atoms with Crippen molar-refractivity contribution in [2.45, 2.75) is 45.1 Å². The molecular weight excluding hydrogens is 336 g/mol. The summed E-state index contributed by atoms with van der Waals surface area (Å²) in [4.78, 5) is 25.3. The van der Waals surface area contributed by atoms with E-state index in [0.717, 1.165) is 30.9 Å². The Balaban J connectivity index is 1.49. The third-order valence-electron chi connectivity index (χ3n) is 5.32. The molecule has 0 atom stereocenters. The molecule has 0 N–H and O–H groups in total. The van der Waals surface area contributed by atoms with Gasteiger partial charge in [0, 0.05) is 42.6 Å². The highest BCUT2D eigenvalue weighted by Crippen LogP contribution is 2.40. The Labute approximate surface area is 148 Å². The number of nitrogens with zero attached hydrogens (tertiary/aromatic N) is 6. The Bertz CT molecular complexity index is 1030. The molecule has 1 aliphatic heterocycles. The Kier molecular flexibility index (Phi) is 3.25. The zero-order chi connectivity index (χ0) is 17.1. The van der Waals surface area contributed by atoms with E-state index in [1.54, 1.807) is 7.05 Å². The summed E-state index contributed by atoms with van der Waals surface area (Å²) in [5.74, 6) is 2.07. The first-order valence-corrected chi connectivity index (χ1v) is 9.58. The molecule has 0 spiro atoms. The average molecular weight is 356 g/mol. The van der Waals surface area contributed by atoms with Gasteiger partial charge in [-0.3, -0.25) is 0 Å². The molecule has 5 rings (SSSR count). The molecule has 0 amide bonds. The van der Waals surface area contributed by atoms with Gasteiger partial charge in [-0.25, -0.2) is 18.9 Å². The van der Waals surface area contributed by atoms with E-state index in [9.17, 15) is 4.79 Å². The quantitative estimate of drug-likeness (QED) is 0.703. The number of rotatable bonds is 2. The summed E-state index contributed by atoms with van der Waals surface area (Å²) in [6, 6.07) is 0. The largest absolute Gasteiger partial charge is 0.351 e. The number of aryl methyl sites for hydroxylation is 2. The van der Waals surface area contributed by atoms with Crippen LogP contribution in [0, 0.1) is 6.92 Å². The molecule has 2 aliphatic rings. The standard InChI is InChI=1S/C17H20N6OS/c1-10-8-23-16(20-21(2)17(23)24)19-14(10)22-7-6-12-13(9-22)25-15(18-12)11-4-3-5-11/h8,11H,3-7,9H2,1-2H3. The lowest BCUT2D eigenvalue weighted by Gasteiger charge is -2.28. The lowest BCUT2D eigenvalue weighted by Crippen LogP contribution is -2.31. The summed E-state index contributed by atoms with van der Waals surface area (Å²) in [5.41, 5.74) is 2.11. The maximum absolute atomic E-state index is 12.0. The van der Waals surface area contributed by atoms with Crippen LogP contribution in [0.2, 0.25) is 0 Å². The van der Waals surface area contributed by atoms with Crippen molar-refractivity contribution in [3.05, 3.63) is 37.8 Å². The Hall–Kier alpha value is -2.22. The summed E-state index contributed by atoms with van der Waals surface area (Å²) in [6.07, 6.45) is 6.73. The van der Waals surface area contributed by atoms with E-state index in [1.165, 1.54) is 43.9 Å². The molecule has 1 fully saturated rings. The molecule has 3 aromatic heterocycles. The van der Waals surface area contributed by atoms with E-state index in [1.807, 2.05) is 24.5 Å². The molecule has 0 radical (unpaired) electrons. The number of thiazole rings is 1. The normalized spacial score (nSPS) is 17.8. The highest BCUT2D eigenvalue weighted by atomic mass is 32.1. The van der Waals surface area contributed by atoms with Crippen LogP contribution in [0.4, 0.5) is 5.82 Å². The molecule has 4 heterocycles. The molecule has 0 aromatic carbocycles. The second kappa shape index (κ2) is 5.39. The van der Waals surface area contributed by atoms with E-state index >= 15 is 0 Å². The van der Waals surface area contributed by atoms with Crippen LogP contribution in [0.1, 0.15) is 46.3 Å². The second-order valence-corrected chi connectivity index (χ2v) is 8.16. The van der Waals surface area contributed by atoms with Crippen LogP contribution in [0.5, 0.6) is 0 Å². The van der Waals surface area contributed by atoms with E-state index in [-0.39, 0.29) is 5.69 Å². The highest BCUT2D eigenvalue weighted by molar-refractivity contribution is 7.11. The molecule has 0 saturated heterocycles. The summed E-state index contributed by atoms with van der Waals surface area (Å²) in [5, 5.41) is 5.55. The van der Waals surface area contributed by atoms with Gasteiger partial charge in [-0.2, -0.15) is 4.98 Å². The predicted molar refractivity (Wildman–Crippen MR) is 96.4 cm³/mol. The molecule has 0 unspecified atom stereocenters. The van der Waals surface area contributed by atoms with Gasteiger partial charge in [0.2, 0.25) is 0 Å². The minimum atomic E-state index is -0.161. The zero-order valence-corrected chi connectivity index (χ0v) is 15.2. The van der Waals surface area contributed by atoms with Gasteiger partial charge >= 0.3 is 5.69 Å². The van der Waals surface area contributed by atoms with E-state index in [0.29, 0.717) is 11.7 Å². The van der Waals surface area contributed by atoms with Crippen LogP contribution in [0.25, 0.3) is 5.78 Å². The van der Waals surface area contributed by atoms with Crippen molar-refractivity contribution in [3.63, 3.8) is 0 Å². The van der Waals surface area contributed by atoms with Crippen molar-refractivity contribution in [3.8, 4) is 0 Å². The van der Waals surface area contributed by atoms with Gasteiger partial charge in [0.1, 0.15) is 5.82 Å². The number of aromatic nitrogens is 5. The van der Waals surface area contributed by atoms with Crippen molar-refractivity contribution < 1.29 is 0 Å². The number of fused-ring (bicyclic) bond motifs is 2. The van der Waals surface area contributed by atoms with Crippen LogP contribution in [0.3, 0.4) is 0 Å². The minimum absolute atomic E-state index is 0.161. The molecule has 25 heavy (non-hydrogen) atoms. The highest BCUT2D eigenvalue weighted by Gasteiger charge is 2.28. The van der Waals surface area contributed by atoms with Crippen molar-refractivity contribution >= 4 is 22.9 Å². The maximum Gasteiger partial charge on any atom is 0.351 e. The molecule has 0 bridgehead atoms. The fraction of sp³-hybridized carbons (Fsp3) is 0.529. The fourth-order valence-electron chi connectivity index (χ4n) is 3.64. The molecule has 7 nitrogen and oxygen atoms in total. The van der Waals surface area contributed by atoms with Crippen molar-refractivity contribution in [1.29, 1.82) is 0 Å². The monoisotopic (exact) mass is 356 g/mol. The van der Waals surface area contributed by atoms with Crippen LogP contribution in [0.15, 0.2) is 11.0 Å². The summed E-state index contributed by atoms with van der Waals surface area (Å²) in [6.45, 7) is 3.76. The van der Waals surface area contributed by atoms with Crippen LogP contribution < -0.4 is 10.6 Å².